The molecule has 0 aliphatic carbocycles. The Balaban J connectivity index is 1.65. The third-order valence-corrected chi connectivity index (χ3v) is 7.42. The maximum atomic E-state index is 14.5. The zero-order valence-electron chi connectivity index (χ0n) is 24.3. The minimum absolute atomic E-state index is 0.0936. The summed E-state index contributed by atoms with van der Waals surface area (Å²) >= 11 is 6.57. The van der Waals surface area contributed by atoms with E-state index in [2.05, 4.69) is 0 Å². The molecule has 10 nitrogen and oxygen atoms in total. The number of halogens is 2. The molecule has 0 aromatic heterocycles. The Bertz CT molecular complexity index is 1340. The second kappa shape index (κ2) is 13.8. The molecular formula is C31H34ClFO10. The average molecular weight is 621 g/mol. The standard InChI is InChI=1S/C31H34ClFO10/c1-17(34)39-14-26-28(40-18(2)35)30(42-20(4)37)29(41-19(3)36)27(43-26)23-9-10-25(32)24(12-23)11-21-5-7-22(8-6-21)13-31(33)15-38-16-31/h5-10,12,26-30H,11,13-16H2,1-4H3/t26-,27+,28-,29+,30+/m1/s1. The number of hydrogen-bond acceptors (Lipinski definition) is 10. The summed E-state index contributed by atoms with van der Waals surface area (Å²) in [5.74, 6) is -2.71. The van der Waals surface area contributed by atoms with Gasteiger partial charge in [0.1, 0.15) is 18.8 Å². The fourth-order valence-electron chi connectivity index (χ4n) is 5.19. The van der Waals surface area contributed by atoms with Gasteiger partial charge in [-0.15, -0.1) is 0 Å². The molecule has 0 saturated carbocycles. The Labute approximate surface area is 253 Å². The van der Waals surface area contributed by atoms with E-state index in [9.17, 15) is 23.6 Å². The number of esters is 4. The number of hydrogen-bond donors (Lipinski definition) is 0. The molecule has 2 saturated heterocycles. The SMILES string of the molecule is CC(=O)OC[C@H]1O[C@@H](c2ccc(Cl)c(Cc3ccc(CC4(F)COC4)cc3)c2)[C@H](OC(C)=O)[C@@H](OC(C)=O)[C@@H]1OC(C)=O. The van der Waals surface area contributed by atoms with Crippen molar-refractivity contribution < 1.29 is 52.0 Å². The minimum Gasteiger partial charge on any atom is -0.463 e. The lowest BCUT2D eigenvalue weighted by Crippen LogP contribution is -2.59. The first kappa shape index (κ1) is 32.4. The Morgan fingerprint density at radius 1 is 0.837 bits per heavy atom. The van der Waals surface area contributed by atoms with Crippen LogP contribution in [-0.4, -0.2) is 73.8 Å². The van der Waals surface area contributed by atoms with Gasteiger partial charge in [0.05, 0.1) is 13.2 Å². The first-order valence-corrected chi connectivity index (χ1v) is 14.1. The molecule has 4 rings (SSSR count). The van der Waals surface area contributed by atoms with Crippen LogP contribution in [0.25, 0.3) is 0 Å². The van der Waals surface area contributed by atoms with Gasteiger partial charge in [0.25, 0.3) is 0 Å². The van der Waals surface area contributed by atoms with Crippen LogP contribution in [0.2, 0.25) is 5.02 Å². The van der Waals surface area contributed by atoms with Gasteiger partial charge in [0, 0.05) is 39.1 Å². The van der Waals surface area contributed by atoms with Crippen LogP contribution < -0.4 is 0 Å². The number of ether oxygens (including phenoxy) is 6. The van der Waals surface area contributed by atoms with Crippen LogP contribution in [0.15, 0.2) is 42.5 Å². The Morgan fingerprint density at radius 2 is 1.42 bits per heavy atom. The van der Waals surface area contributed by atoms with Crippen LogP contribution in [-0.2, 0) is 60.4 Å². The highest BCUT2D eigenvalue weighted by atomic mass is 35.5. The van der Waals surface area contributed by atoms with Crippen LogP contribution in [0.3, 0.4) is 0 Å². The molecule has 12 heteroatoms. The van der Waals surface area contributed by atoms with Crippen molar-refractivity contribution in [2.45, 2.75) is 76.7 Å². The predicted octanol–water partition coefficient (Wildman–Crippen LogP) is 4.01. The third kappa shape index (κ3) is 8.52. The van der Waals surface area contributed by atoms with Crippen molar-refractivity contribution >= 4 is 35.5 Å². The molecule has 2 aromatic carbocycles. The smallest absolute Gasteiger partial charge is 0.303 e. The molecule has 43 heavy (non-hydrogen) atoms. The fourth-order valence-corrected chi connectivity index (χ4v) is 5.37. The van der Waals surface area contributed by atoms with E-state index in [-0.39, 0.29) is 26.2 Å². The molecule has 2 heterocycles. The van der Waals surface area contributed by atoms with E-state index in [4.69, 9.17) is 40.0 Å². The lowest BCUT2D eigenvalue weighted by atomic mass is 9.89. The highest BCUT2D eigenvalue weighted by Gasteiger charge is 2.52. The Morgan fingerprint density at radius 3 is 1.98 bits per heavy atom. The number of carbonyl (C=O) groups is 4. The van der Waals surface area contributed by atoms with Crippen LogP contribution in [0, 0.1) is 0 Å². The molecule has 2 fully saturated rings. The van der Waals surface area contributed by atoms with Gasteiger partial charge in [-0.3, -0.25) is 19.2 Å². The normalized spacial score (nSPS) is 24.3. The summed E-state index contributed by atoms with van der Waals surface area (Å²) in [6.45, 7) is 4.59. The molecule has 2 aliphatic rings. The van der Waals surface area contributed by atoms with Gasteiger partial charge in [-0.05, 0) is 34.7 Å². The summed E-state index contributed by atoms with van der Waals surface area (Å²) in [5, 5.41) is 0.466. The van der Waals surface area contributed by atoms with Gasteiger partial charge < -0.3 is 28.4 Å². The summed E-state index contributed by atoms with van der Waals surface area (Å²) in [6, 6.07) is 12.7. The first-order chi connectivity index (χ1) is 20.3. The molecule has 2 aromatic rings. The van der Waals surface area contributed by atoms with Crippen molar-refractivity contribution in [1.29, 1.82) is 0 Å². The van der Waals surface area contributed by atoms with E-state index in [1.807, 2.05) is 24.3 Å². The molecule has 5 atom stereocenters. The molecular weight excluding hydrogens is 587 g/mol. The Kier molecular flexibility index (Phi) is 10.4. The first-order valence-electron chi connectivity index (χ1n) is 13.8. The molecule has 232 valence electrons. The molecule has 0 radical (unpaired) electrons. The monoisotopic (exact) mass is 620 g/mol. The van der Waals surface area contributed by atoms with Gasteiger partial charge in [-0.1, -0.05) is 48.0 Å². The molecule has 0 bridgehead atoms. The van der Waals surface area contributed by atoms with Gasteiger partial charge >= 0.3 is 23.9 Å². The quantitative estimate of drug-likeness (QED) is 0.284. The Hall–Kier alpha value is -3.54. The van der Waals surface area contributed by atoms with Gasteiger partial charge in [-0.2, -0.15) is 0 Å². The second-order valence-corrected chi connectivity index (χ2v) is 11.2. The van der Waals surface area contributed by atoms with Gasteiger partial charge in [0.2, 0.25) is 0 Å². The van der Waals surface area contributed by atoms with Crippen LogP contribution in [0.5, 0.6) is 0 Å². The van der Waals surface area contributed by atoms with Crippen molar-refractivity contribution in [2.75, 3.05) is 19.8 Å². The fraction of sp³-hybridized carbons (Fsp3) is 0.484. The molecule has 0 amide bonds. The predicted molar refractivity (Wildman–Crippen MR) is 150 cm³/mol. The average Bonchev–Trinajstić information content (AvgIpc) is 2.90. The van der Waals surface area contributed by atoms with Crippen molar-refractivity contribution in [3.05, 3.63) is 69.7 Å². The van der Waals surface area contributed by atoms with E-state index in [0.29, 0.717) is 22.6 Å². The van der Waals surface area contributed by atoms with E-state index in [1.165, 1.54) is 20.8 Å². The van der Waals surface area contributed by atoms with E-state index >= 15 is 0 Å². The topological polar surface area (TPSA) is 124 Å². The number of rotatable bonds is 10. The van der Waals surface area contributed by atoms with Crippen LogP contribution >= 0.6 is 11.6 Å². The number of alkyl halides is 1. The van der Waals surface area contributed by atoms with Gasteiger partial charge in [0.15, 0.2) is 24.0 Å². The van der Waals surface area contributed by atoms with Crippen molar-refractivity contribution in [2.24, 2.45) is 0 Å². The summed E-state index contributed by atoms with van der Waals surface area (Å²) in [5.41, 5.74) is 1.68. The van der Waals surface area contributed by atoms with Gasteiger partial charge in [-0.25, -0.2) is 4.39 Å². The molecule has 0 spiro atoms. The highest BCUT2D eigenvalue weighted by molar-refractivity contribution is 6.31. The van der Waals surface area contributed by atoms with E-state index < -0.39 is 60.1 Å². The minimum atomic E-state index is -1.33. The molecule has 2 aliphatic heterocycles. The van der Waals surface area contributed by atoms with Crippen molar-refractivity contribution in [1.82, 2.24) is 0 Å². The largest absolute Gasteiger partial charge is 0.463 e. The lowest BCUT2D eigenvalue weighted by molar-refractivity contribution is -0.254. The van der Waals surface area contributed by atoms with Crippen LogP contribution in [0.1, 0.15) is 56.1 Å². The van der Waals surface area contributed by atoms with Crippen molar-refractivity contribution in [3.63, 3.8) is 0 Å². The summed E-state index contributed by atoms with van der Waals surface area (Å²) in [4.78, 5) is 48.0. The maximum Gasteiger partial charge on any atom is 0.303 e. The number of benzene rings is 2. The summed E-state index contributed by atoms with van der Waals surface area (Å²) < 4.78 is 47.5. The number of carbonyl (C=O) groups excluding carboxylic acids is 4. The zero-order chi connectivity index (χ0) is 31.3. The van der Waals surface area contributed by atoms with Crippen LogP contribution in [0.4, 0.5) is 4.39 Å². The van der Waals surface area contributed by atoms with E-state index in [0.717, 1.165) is 18.1 Å². The molecule has 0 N–H and O–H groups in total. The third-order valence-electron chi connectivity index (χ3n) is 7.05. The second-order valence-electron chi connectivity index (χ2n) is 10.8. The molecule has 0 unspecified atom stereocenters. The highest BCUT2D eigenvalue weighted by Crippen LogP contribution is 2.39. The summed E-state index contributed by atoms with van der Waals surface area (Å²) in [7, 11) is 0. The van der Waals surface area contributed by atoms with Crippen molar-refractivity contribution in [3.8, 4) is 0 Å². The maximum absolute atomic E-state index is 14.5. The summed E-state index contributed by atoms with van der Waals surface area (Å²) in [6.07, 6.45) is -5.16. The van der Waals surface area contributed by atoms with E-state index in [1.54, 1.807) is 18.2 Å². The lowest BCUT2D eigenvalue weighted by Gasteiger charge is -2.44. The zero-order valence-corrected chi connectivity index (χ0v) is 25.1.